The standard InChI is InChI=1S/C12H16N2O6S2/c1-3-22(19,20)5-7(15)13-8-10(16)14-9(12(17)18)6(2)4-21-11(8)14/h8,11H,3-5H2,1-2H3,(H,13,15)(H,17,18)/t8?,11-/m1/s1. The molecule has 2 N–H and O–H groups in total. The Morgan fingerprint density at radius 1 is 1.45 bits per heavy atom. The molecule has 22 heavy (non-hydrogen) atoms. The summed E-state index contributed by atoms with van der Waals surface area (Å²) < 4.78 is 22.8. The van der Waals surface area contributed by atoms with Crippen molar-refractivity contribution in [1.82, 2.24) is 10.2 Å². The summed E-state index contributed by atoms with van der Waals surface area (Å²) in [5.74, 6) is -2.86. The van der Waals surface area contributed by atoms with Crippen molar-refractivity contribution < 1.29 is 27.9 Å². The molecule has 2 atom stereocenters. The molecule has 2 aliphatic rings. The monoisotopic (exact) mass is 348 g/mol. The zero-order valence-corrected chi connectivity index (χ0v) is 13.7. The van der Waals surface area contributed by atoms with Crippen LogP contribution in [0.4, 0.5) is 0 Å². The van der Waals surface area contributed by atoms with Crippen molar-refractivity contribution in [2.45, 2.75) is 25.3 Å². The number of carbonyl (C=O) groups excluding carboxylic acids is 2. The number of sulfone groups is 1. The first-order chi connectivity index (χ1) is 10.2. The van der Waals surface area contributed by atoms with Gasteiger partial charge in [0.2, 0.25) is 5.91 Å². The highest BCUT2D eigenvalue weighted by atomic mass is 32.2. The molecule has 2 rings (SSSR count). The molecule has 1 fully saturated rings. The molecule has 2 amide bonds. The Labute approximate surface area is 131 Å². The SMILES string of the molecule is CCS(=O)(=O)CC(=O)NC1C(=O)N2C(C(=O)O)=C(C)CS[C@H]12. The molecule has 0 bridgehead atoms. The van der Waals surface area contributed by atoms with Gasteiger partial charge in [-0.2, -0.15) is 0 Å². The third kappa shape index (κ3) is 2.98. The number of fused-ring (bicyclic) bond motifs is 1. The highest BCUT2D eigenvalue weighted by Crippen LogP contribution is 2.40. The maximum absolute atomic E-state index is 12.1. The Morgan fingerprint density at radius 3 is 2.64 bits per heavy atom. The summed E-state index contributed by atoms with van der Waals surface area (Å²) in [6.07, 6.45) is 0. The van der Waals surface area contributed by atoms with E-state index in [4.69, 9.17) is 0 Å². The van der Waals surface area contributed by atoms with Gasteiger partial charge in [-0.05, 0) is 12.5 Å². The third-order valence-corrected chi connectivity index (χ3v) is 6.47. The first-order valence-electron chi connectivity index (χ1n) is 6.55. The maximum Gasteiger partial charge on any atom is 0.352 e. The van der Waals surface area contributed by atoms with Crippen molar-refractivity contribution in [3.63, 3.8) is 0 Å². The van der Waals surface area contributed by atoms with Crippen LogP contribution in [0.3, 0.4) is 0 Å². The Morgan fingerprint density at radius 2 is 2.09 bits per heavy atom. The van der Waals surface area contributed by atoms with Crippen LogP contribution in [0.2, 0.25) is 0 Å². The lowest BCUT2D eigenvalue weighted by Gasteiger charge is -2.49. The number of carboxylic acids is 1. The molecule has 1 unspecified atom stereocenters. The van der Waals surface area contributed by atoms with Gasteiger partial charge in [0.1, 0.15) is 22.9 Å². The lowest BCUT2D eigenvalue weighted by Crippen LogP contribution is -2.70. The average Bonchev–Trinajstić information content (AvgIpc) is 2.43. The number of rotatable bonds is 5. The van der Waals surface area contributed by atoms with Gasteiger partial charge in [0, 0.05) is 11.5 Å². The fourth-order valence-corrected chi connectivity index (χ4v) is 4.27. The number of β-lactam (4-membered cyclic amide) rings is 1. The normalized spacial score (nSPS) is 24.6. The number of aliphatic carboxylic acids is 1. The molecule has 8 nitrogen and oxygen atoms in total. The van der Waals surface area contributed by atoms with Crippen molar-refractivity contribution in [1.29, 1.82) is 0 Å². The molecule has 2 heterocycles. The van der Waals surface area contributed by atoms with Crippen LogP contribution < -0.4 is 5.32 Å². The fourth-order valence-electron chi connectivity index (χ4n) is 2.29. The molecule has 0 aromatic carbocycles. The zero-order chi connectivity index (χ0) is 16.7. The second-order valence-corrected chi connectivity index (χ2v) is 8.52. The van der Waals surface area contributed by atoms with E-state index in [1.165, 1.54) is 18.7 Å². The fraction of sp³-hybridized carbons (Fsp3) is 0.583. The average molecular weight is 348 g/mol. The quantitative estimate of drug-likeness (QED) is 0.623. The van der Waals surface area contributed by atoms with Gasteiger partial charge in [-0.15, -0.1) is 11.8 Å². The van der Waals surface area contributed by atoms with Gasteiger partial charge in [0.05, 0.1) is 0 Å². The Kier molecular flexibility index (Phi) is 4.52. The van der Waals surface area contributed by atoms with E-state index in [9.17, 15) is 27.9 Å². The first-order valence-corrected chi connectivity index (χ1v) is 9.42. The summed E-state index contributed by atoms with van der Waals surface area (Å²) in [4.78, 5) is 36.2. The van der Waals surface area contributed by atoms with Crippen molar-refractivity contribution in [3.8, 4) is 0 Å². The zero-order valence-electron chi connectivity index (χ0n) is 12.0. The predicted molar refractivity (Wildman–Crippen MR) is 79.7 cm³/mol. The molecule has 0 aromatic heterocycles. The molecular formula is C12H16N2O6S2. The molecule has 1 saturated heterocycles. The van der Waals surface area contributed by atoms with E-state index in [-0.39, 0.29) is 11.4 Å². The van der Waals surface area contributed by atoms with Crippen LogP contribution in [0, 0.1) is 0 Å². The van der Waals surface area contributed by atoms with Crippen molar-refractivity contribution in [2.75, 3.05) is 17.3 Å². The molecule has 0 aromatic rings. The largest absolute Gasteiger partial charge is 0.477 e. The number of carboxylic acid groups (broad SMARTS) is 1. The summed E-state index contributed by atoms with van der Waals surface area (Å²) >= 11 is 1.34. The van der Waals surface area contributed by atoms with Gasteiger partial charge in [-0.1, -0.05) is 6.92 Å². The second kappa shape index (κ2) is 5.92. The van der Waals surface area contributed by atoms with Crippen LogP contribution in [0.5, 0.6) is 0 Å². The van der Waals surface area contributed by atoms with E-state index < -0.39 is 44.8 Å². The van der Waals surface area contributed by atoms with E-state index in [1.54, 1.807) is 6.92 Å². The lowest BCUT2D eigenvalue weighted by molar-refractivity contribution is -0.150. The van der Waals surface area contributed by atoms with E-state index in [0.29, 0.717) is 11.3 Å². The van der Waals surface area contributed by atoms with Crippen molar-refractivity contribution >= 4 is 39.4 Å². The number of nitrogens with one attached hydrogen (secondary N) is 1. The van der Waals surface area contributed by atoms with Crippen LogP contribution >= 0.6 is 11.8 Å². The molecule has 0 saturated carbocycles. The molecule has 2 aliphatic heterocycles. The summed E-state index contributed by atoms with van der Waals surface area (Å²) in [7, 11) is -3.48. The number of hydrogen-bond donors (Lipinski definition) is 2. The van der Waals surface area contributed by atoms with E-state index in [2.05, 4.69) is 5.32 Å². The highest BCUT2D eigenvalue weighted by molar-refractivity contribution is 8.00. The minimum absolute atomic E-state index is 0.0552. The summed E-state index contributed by atoms with van der Waals surface area (Å²) in [5, 5.41) is 11.1. The molecule has 0 spiro atoms. The maximum atomic E-state index is 12.1. The Balaban J connectivity index is 2.08. The summed E-state index contributed by atoms with van der Waals surface area (Å²) in [6.45, 7) is 3.07. The van der Waals surface area contributed by atoms with Gasteiger partial charge in [0.15, 0.2) is 9.84 Å². The highest BCUT2D eigenvalue weighted by Gasteiger charge is 2.53. The minimum Gasteiger partial charge on any atom is -0.477 e. The number of hydrogen-bond acceptors (Lipinski definition) is 6. The van der Waals surface area contributed by atoms with E-state index >= 15 is 0 Å². The van der Waals surface area contributed by atoms with Gasteiger partial charge < -0.3 is 10.4 Å². The number of thioether (sulfide) groups is 1. The second-order valence-electron chi connectivity index (χ2n) is 5.07. The van der Waals surface area contributed by atoms with Gasteiger partial charge in [0.25, 0.3) is 5.91 Å². The third-order valence-electron chi connectivity index (χ3n) is 3.47. The van der Waals surface area contributed by atoms with Crippen molar-refractivity contribution in [3.05, 3.63) is 11.3 Å². The topological polar surface area (TPSA) is 121 Å². The van der Waals surface area contributed by atoms with Gasteiger partial charge in [-0.3, -0.25) is 14.5 Å². The summed E-state index contributed by atoms with van der Waals surface area (Å²) in [5.41, 5.74) is 0.529. The van der Waals surface area contributed by atoms with E-state index in [0.717, 1.165) is 4.90 Å². The minimum atomic E-state index is -3.48. The number of amides is 2. The number of carbonyl (C=O) groups is 3. The molecule has 0 aliphatic carbocycles. The molecule has 10 heteroatoms. The van der Waals surface area contributed by atoms with Crippen LogP contribution in [0.1, 0.15) is 13.8 Å². The van der Waals surface area contributed by atoms with E-state index in [1.807, 2.05) is 0 Å². The smallest absolute Gasteiger partial charge is 0.352 e. The molecular weight excluding hydrogens is 332 g/mol. The van der Waals surface area contributed by atoms with Crippen LogP contribution in [0.15, 0.2) is 11.3 Å². The van der Waals surface area contributed by atoms with Crippen LogP contribution in [-0.2, 0) is 24.2 Å². The Hall–Kier alpha value is -1.55. The molecule has 0 radical (unpaired) electrons. The summed E-state index contributed by atoms with van der Waals surface area (Å²) in [6, 6.07) is -0.882. The Bertz CT molecular complexity index is 669. The van der Waals surface area contributed by atoms with Crippen LogP contribution in [0.25, 0.3) is 0 Å². The van der Waals surface area contributed by atoms with Gasteiger partial charge in [-0.25, -0.2) is 13.2 Å². The first kappa shape index (κ1) is 16.8. The van der Waals surface area contributed by atoms with Crippen LogP contribution in [-0.4, -0.2) is 64.9 Å². The number of nitrogens with zero attached hydrogens (tertiary/aromatic N) is 1. The lowest BCUT2D eigenvalue weighted by atomic mass is 10.0. The van der Waals surface area contributed by atoms with Gasteiger partial charge >= 0.3 is 5.97 Å². The van der Waals surface area contributed by atoms with Crippen molar-refractivity contribution in [2.24, 2.45) is 0 Å². The molecule has 122 valence electrons. The predicted octanol–water partition coefficient (Wildman–Crippen LogP) is -0.820.